The van der Waals surface area contributed by atoms with Crippen molar-refractivity contribution in [2.24, 2.45) is 0 Å². The van der Waals surface area contributed by atoms with Crippen LogP contribution >= 0.6 is 0 Å². The Morgan fingerprint density at radius 1 is 1.22 bits per heavy atom. The number of aromatic amines is 1. The molecule has 3 N–H and O–H groups in total. The summed E-state index contributed by atoms with van der Waals surface area (Å²) in [5.74, 6) is -0.352. The maximum atomic E-state index is 13.4. The molecule has 1 aliphatic rings. The highest BCUT2D eigenvalue weighted by atomic mass is 19.4. The van der Waals surface area contributed by atoms with Gasteiger partial charge in [-0.1, -0.05) is 12.8 Å². The molecule has 9 nitrogen and oxygen atoms in total. The Balaban J connectivity index is 1.83. The van der Waals surface area contributed by atoms with Gasteiger partial charge in [0.1, 0.15) is 12.2 Å². The Morgan fingerprint density at radius 2 is 1.97 bits per heavy atom. The van der Waals surface area contributed by atoms with E-state index in [1.165, 1.54) is 37.9 Å². The van der Waals surface area contributed by atoms with Gasteiger partial charge in [-0.3, -0.25) is 24.3 Å². The van der Waals surface area contributed by atoms with Gasteiger partial charge in [-0.15, -0.1) is 0 Å². The zero-order chi connectivity index (χ0) is 25.7. The topological polar surface area (TPSA) is 112 Å². The lowest BCUT2D eigenvalue weighted by Crippen LogP contribution is -2.30. The first-order valence-corrected chi connectivity index (χ1v) is 11.7. The highest BCUT2D eigenvalue weighted by Crippen LogP contribution is 2.30. The van der Waals surface area contributed by atoms with E-state index in [0.29, 0.717) is 18.5 Å². The number of nitrogens with one attached hydrogen (secondary N) is 2. The summed E-state index contributed by atoms with van der Waals surface area (Å²) in [5, 5.41) is 18.0. The van der Waals surface area contributed by atoms with Crippen molar-refractivity contribution in [1.82, 2.24) is 34.9 Å². The van der Waals surface area contributed by atoms with Gasteiger partial charge in [0, 0.05) is 44.1 Å². The van der Waals surface area contributed by atoms with E-state index in [4.69, 9.17) is 0 Å². The largest absolute Gasteiger partial charge is 0.408 e. The molecule has 0 aromatic carbocycles. The molecule has 1 saturated heterocycles. The van der Waals surface area contributed by atoms with Crippen molar-refractivity contribution < 1.29 is 23.1 Å². The summed E-state index contributed by atoms with van der Waals surface area (Å²) in [6.07, 6.45) is 4.20. The first kappa shape index (κ1) is 25.6. The number of H-pyrrole nitrogens is 1. The first-order chi connectivity index (χ1) is 17.3. The molecule has 3 aromatic heterocycles. The van der Waals surface area contributed by atoms with Gasteiger partial charge in [0.25, 0.3) is 5.91 Å². The summed E-state index contributed by atoms with van der Waals surface area (Å²) < 4.78 is 41.1. The van der Waals surface area contributed by atoms with Gasteiger partial charge in [-0.25, -0.2) is 0 Å². The van der Waals surface area contributed by atoms with Gasteiger partial charge >= 0.3 is 6.18 Å². The molecule has 1 amide bonds. The molecule has 192 valence electrons. The average molecular weight is 504 g/mol. The predicted molar refractivity (Wildman–Crippen MR) is 127 cm³/mol. The number of aromatic nitrogens is 5. The number of pyridine rings is 1. The van der Waals surface area contributed by atoms with Crippen molar-refractivity contribution in [2.75, 3.05) is 20.1 Å². The van der Waals surface area contributed by atoms with E-state index in [9.17, 15) is 23.1 Å². The summed E-state index contributed by atoms with van der Waals surface area (Å²) in [5.41, 5.74) is 1.20. The van der Waals surface area contributed by atoms with Crippen LogP contribution in [0.4, 0.5) is 13.2 Å². The Bertz CT molecular complexity index is 1260. The second-order valence-electron chi connectivity index (χ2n) is 8.59. The molecular formula is C24H28F3N7O2. The number of rotatable bonds is 5. The molecule has 1 atom stereocenters. The maximum Gasteiger partial charge on any atom is 0.408 e. The fourth-order valence-corrected chi connectivity index (χ4v) is 4.21. The van der Waals surface area contributed by atoms with Crippen LogP contribution in [0.1, 0.15) is 48.0 Å². The molecule has 36 heavy (non-hydrogen) atoms. The first-order valence-electron chi connectivity index (χ1n) is 11.7. The maximum absolute atomic E-state index is 13.4. The molecule has 12 heteroatoms. The van der Waals surface area contributed by atoms with Crippen LogP contribution in [-0.4, -0.2) is 67.0 Å². The highest BCUT2D eigenvalue weighted by molar-refractivity contribution is 5.94. The van der Waals surface area contributed by atoms with Crippen molar-refractivity contribution >= 4 is 16.8 Å². The molecule has 0 spiro atoms. The van der Waals surface area contributed by atoms with Gasteiger partial charge in [0.15, 0.2) is 6.23 Å². The van der Waals surface area contributed by atoms with E-state index in [1.807, 2.05) is 4.90 Å². The minimum atomic E-state index is -4.52. The van der Waals surface area contributed by atoms with E-state index in [2.05, 4.69) is 25.4 Å². The minimum Gasteiger partial charge on any atom is -0.372 e. The summed E-state index contributed by atoms with van der Waals surface area (Å²) in [4.78, 5) is 25.4. The Hall–Kier alpha value is -3.51. The fourth-order valence-electron chi connectivity index (χ4n) is 4.21. The van der Waals surface area contributed by atoms with E-state index in [0.717, 1.165) is 30.4 Å². The van der Waals surface area contributed by atoms with Crippen LogP contribution in [0.2, 0.25) is 0 Å². The average Bonchev–Trinajstić information content (AvgIpc) is 3.03. The van der Waals surface area contributed by atoms with Crippen molar-refractivity contribution in [3.8, 4) is 11.4 Å². The summed E-state index contributed by atoms with van der Waals surface area (Å²) >= 11 is 0. The lowest BCUT2D eigenvalue weighted by molar-refractivity contribution is -0.141. The highest BCUT2D eigenvalue weighted by Gasteiger charge is 2.31. The molecular weight excluding hydrogens is 475 g/mol. The fraction of sp³-hybridized carbons (Fsp3) is 0.417. The lowest BCUT2D eigenvalue weighted by Gasteiger charge is -2.25. The van der Waals surface area contributed by atoms with Gasteiger partial charge in [0.2, 0.25) is 0 Å². The van der Waals surface area contributed by atoms with Crippen LogP contribution in [-0.2, 0) is 6.54 Å². The van der Waals surface area contributed by atoms with Crippen molar-refractivity contribution in [1.29, 1.82) is 0 Å². The lowest BCUT2D eigenvalue weighted by atomic mass is 10.2. The van der Waals surface area contributed by atoms with Crippen LogP contribution in [0.25, 0.3) is 22.3 Å². The monoisotopic (exact) mass is 503 g/mol. The quantitative estimate of drug-likeness (QED) is 0.489. The Labute approximate surface area is 205 Å². The van der Waals surface area contributed by atoms with Crippen molar-refractivity contribution in [3.63, 3.8) is 0 Å². The molecule has 4 heterocycles. The van der Waals surface area contributed by atoms with Crippen LogP contribution in [0, 0.1) is 0 Å². The SMILES string of the molecule is CNC(=O)c1cccncc(-c2nn(CC(F)(F)F)c3cc(C(O)N4CCCCCC4)ncc23)[nH]c1. The normalized spacial score (nSPS) is 15.8. The zero-order valence-corrected chi connectivity index (χ0v) is 19.8. The number of fused-ring (bicyclic) bond motifs is 1. The number of hydrogen-bond donors (Lipinski definition) is 3. The van der Waals surface area contributed by atoms with Crippen LogP contribution in [0.15, 0.2) is 43.0 Å². The van der Waals surface area contributed by atoms with Gasteiger partial charge < -0.3 is 15.4 Å². The van der Waals surface area contributed by atoms with Crippen LogP contribution in [0.5, 0.6) is 0 Å². The third-order valence-corrected chi connectivity index (χ3v) is 6.02. The number of carbonyl (C=O) groups excluding carboxylic acids is 1. The van der Waals surface area contributed by atoms with E-state index in [-0.39, 0.29) is 34.1 Å². The number of nitrogens with zero attached hydrogens (tertiary/aromatic N) is 5. The summed E-state index contributed by atoms with van der Waals surface area (Å²) in [6, 6.07) is 4.57. The number of carbonyl (C=O) groups is 1. The van der Waals surface area contributed by atoms with E-state index >= 15 is 0 Å². The minimum absolute atomic E-state index is 0.182. The number of amides is 1. The predicted octanol–water partition coefficient (Wildman–Crippen LogP) is 3.73. The zero-order valence-electron chi connectivity index (χ0n) is 19.8. The smallest absolute Gasteiger partial charge is 0.372 e. The molecule has 1 fully saturated rings. The molecule has 0 radical (unpaired) electrons. The number of likely N-dealkylation sites (tertiary alicyclic amines) is 1. The van der Waals surface area contributed by atoms with Crippen molar-refractivity contribution in [2.45, 2.75) is 44.6 Å². The van der Waals surface area contributed by atoms with Crippen molar-refractivity contribution in [3.05, 3.63) is 54.2 Å². The standard InChI is InChI=1S/C24H28F3N7O2/c1-28-22(35)16-7-6-8-29-14-19(30-12-16)21-17-13-31-18(23(36)33-9-4-2-3-5-10-33)11-20(17)34(32-21)15-24(25,26)27/h6-8,11-14,23,30,36H,2-5,9-10,15H2,1H3,(H,28,35). The molecule has 1 unspecified atom stereocenters. The van der Waals surface area contributed by atoms with Gasteiger partial charge in [-0.05, 0) is 31.0 Å². The molecule has 0 aliphatic carbocycles. The number of aliphatic hydroxyl groups is 1. The summed E-state index contributed by atoms with van der Waals surface area (Å²) in [6.45, 7) is 0.0673. The number of alkyl halides is 3. The number of hydrogen-bond acceptors (Lipinski definition) is 6. The summed E-state index contributed by atoms with van der Waals surface area (Å²) in [7, 11) is 1.49. The van der Waals surface area contributed by atoms with E-state index in [1.54, 1.807) is 12.1 Å². The Morgan fingerprint density at radius 3 is 2.67 bits per heavy atom. The second kappa shape index (κ2) is 11.0. The van der Waals surface area contributed by atoms with Crippen LogP contribution < -0.4 is 5.32 Å². The van der Waals surface area contributed by atoms with Gasteiger partial charge in [-0.2, -0.15) is 18.3 Å². The van der Waals surface area contributed by atoms with Gasteiger partial charge in [0.05, 0.1) is 28.7 Å². The second-order valence-corrected chi connectivity index (χ2v) is 8.59. The third-order valence-electron chi connectivity index (χ3n) is 6.02. The molecule has 0 bridgehead atoms. The Kier molecular flexibility index (Phi) is 7.85. The third kappa shape index (κ3) is 6.00. The molecule has 1 aliphatic heterocycles. The molecule has 3 aromatic rings. The molecule has 4 rings (SSSR count). The van der Waals surface area contributed by atoms with Crippen LogP contribution in [0.3, 0.4) is 0 Å². The van der Waals surface area contributed by atoms with E-state index < -0.39 is 18.9 Å². The molecule has 0 saturated carbocycles. The number of aliphatic hydroxyl groups excluding tert-OH is 1. The number of halogens is 3.